The van der Waals surface area contributed by atoms with Crippen molar-refractivity contribution in [3.8, 4) is 0 Å². The van der Waals surface area contributed by atoms with Gasteiger partial charge in [-0.05, 0) is 59.7 Å². The Kier molecular flexibility index (Phi) is 6.37. The van der Waals surface area contributed by atoms with Crippen LogP contribution in [-0.2, 0) is 15.0 Å². The van der Waals surface area contributed by atoms with Crippen LogP contribution >= 0.6 is 15.9 Å². The van der Waals surface area contributed by atoms with E-state index in [1.54, 1.807) is 4.31 Å². The van der Waals surface area contributed by atoms with Gasteiger partial charge in [-0.15, -0.1) is 0 Å². The minimum Gasteiger partial charge on any atom is -0.325 e. The van der Waals surface area contributed by atoms with E-state index in [2.05, 4.69) is 28.2 Å². The number of hydrogen-bond donors (Lipinski definition) is 1. The van der Waals surface area contributed by atoms with Crippen LogP contribution in [0.1, 0.15) is 32.6 Å². The number of halogens is 1. The number of carbonyl (C=O) groups is 1. The van der Waals surface area contributed by atoms with Gasteiger partial charge in [-0.1, -0.05) is 19.1 Å². The van der Waals surface area contributed by atoms with Crippen molar-refractivity contribution in [3.63, 3.8) is 0 Å². The van der Waals surface area contributed by atoms with E-state index >= 15 is 0 Å². The van der Waals surface area contributed by atoms with Crippen molar-refractivity contribution in [1.82, 2.24) is 8.61 Å². The van der Waals surface area contributed by atoms with E-state index in [0.29, 0.717) is 44.1 Å². The van der Waals surface area contributed by atoms with Crippen molar-refractivity contribution in [2.75, 3.05) is 31.5 Å². The zero-order chi connectivity index (χ0) is 18.7. The average molecular weight is 444 g/mol. The van der Waals surface area contributed by atoms with Crippen LogP contribution in [-0.4, -0.2) is 49.1 Å². The third-order valence-corrected chi connectivity index (χ3v) is 7.98. The Hall–Kier alpha value is -0.960. The van der Waals surface area contributed by atoms with Gasteiger partial charge in [0.25, 0.3) is 10.2 Å². The molecule has 8 heteroatoms. The van der Waals surface area contributed by atoms with Crippen LogP contribution in [0.3, 0.4) is 0 Å². The zero-order valence-electron chi connectivity index (χ0n) is 15.0. The molecule has 0 aliphatic carbocycles. The number of para-hydroxylation sites is 1. The molecule has 1 aromatic rings. The second kappa shape index (κ2) is 8.37. The molecular weight excluding hydrogens is 418 g/mol. The Morgan fingerprint density at radius 2 is 1.81 bits per heavy atom. The summed E-state index contributed by atoms with van der Waals surface area (Å²) >= 11 is 3.42. The Bertz CT molecular complexity index is 748. The van der Waals surface area contributed by atoms with Crippen LogP contribution in [0.5, 0.6) is 0 Å². The maximum absolute atomic E-state index is 12.9. The molecule has 0 aromatic heterocycles. The SMILES string of the molecule is CC1CCN(S(=O)(=O)N2CCCC(C(=O)Nc3ccccc3Br)C2)CC1. The van der Waals surface area contributed by atoms with Crippen LogP contribution in [0, 0.1) is 11.8 Å². The highest BCUT2D eigenvalue weighted by Crippen LogP contribution is 2.27. The summed E-state index contributed by atoms with van der Waals surface area (Å²) in [5.41, 5.74) is 0.711. The summed E-state index contributed by atoms with van der Waals surface area (Å²) in [7, 11) is -3.48. The lowest BCUT2D eigenvalue weighted by atomic mass is 9.99. The van der Waals surface area contributed by atoms with Gasteiger partial charge in [-0.3, -0.25) is 4.79 Å². The lowest BCUT2D eigenvalue weighted by molar-refractivity contribution is -0.120. The molecule has 1 atom stereocenters. The number of hydrogen-bond acceptors (Lipinski definition) is 3. The van der Waals surface area contributed by atoms with Gasteiger partial charge in [0, 0.05) is 30.7 Å². The first-order chi connectivity index (χ1) is 12.4. The first-order valence-electron chi connectivity index (χ1n) is 9.18. The molecule has 26 heavy (non-hydrogen) atoms. The summed E-state index contributed by atoms with van der Waals surface area (Å²) < 4.78 is 29.8. The van der Waals surface area contributed by atoms with Crippen LogP contribution in [0.2, 0.25) is 0 Å². The van der Waals surface area contributed by atoms with Crippen molar-refractivity contribution in [3.05, 3.63) is 28.7 Å². The molecule has 3 rings (SSSR count). The predicted molar refractivity (Wildman–Crippen MR) is 106 cm³/mol. The molecule has 2 fully saturated rings. The van der Waals surface area contributed by atoms with Crippen molar-refractivity contribution in [2.24, 2.45) is 11.8 Å². The summed E-state index contributed by atoms with van der Waals surface area (Å²) in [6.07, 6.45) is 3.22. The van der Waals surface area contributed by atoms with E-state index in [0.717, 1.165) is 17.3 Å². The van der Waals surface area contributed by atoms with Crippen molar-refractivity contribution < 1.29 is 13.2 Å². The quantitative estimate of drug-likeness (QED) is 0.776. The molecule has 0 spiro atoms. The number of anilines is 1. The lowest BCUT2D eigenvalue weighted by Crippen LogP contribution is -2.51. The number of amides is 1. The van der Waals surface area contributed by atoms with Gasteiger partial charge >= 0.3 is 0 Å². The highest BCUT2D eigenvalue weighted by molar-refractivity contribution is 9.10. The smallest absolute Gasteiger partial charge is 0.281 e. The Morgan fingerprint density at radius 1 is 1.12 bits per heavy atom. The highest BCUT2D eigenvalue weighted by atomic mass is 79.9. The summed E-state index contributed by atoms with van der Waals surface area (Å²) in [4.78, 5) is 12.6. The summed E-state index contributed by atoms with van der Waals surface area (Å²) in [6, 6.07) is 7.43. The molecule has 2 heterocycles. The fourth-order valence-electron chi connectivity index (χ4n) is 3.54. The van der Waals surface area contributed by atoms with Gasteiger partial charge in [0.05, 0.1) is 11.6 Å². The van der Waals surface area contributed by atoms with E-state index in [4.69, 9.17) is 0 Å². The maximum Gasteiger partial charge on any atom is 0.281 e. The molecule has 1 N–H and O–H groups in total. The van der Waals surface area contributed by atoms with Crippen molar-refractivity contribution in [1.29, 1.82) is 0 Å². The third-order valence-electron chi connectivity index (χ3n) is 5.28. The largest absolute Gasteiger partial charge is 0.325 e. The van der Waals surface area contributed by atoms with Crippen LogP contribution < -0.4 is 5.32 Å². The van der Waals surface area contributed by atoms with E-state index in [9.17, 15) is 13.2 Å². The zero-order valence-corrected chi connectivity index (χ0v) is 17.4. The highest BCUT2D eigenvalue weighted by Gasteiger charge is 2.37. The topological polar surface area (TPSA) is 69.7 Å². The summed E-state index contributed by atoms with van der Waals surface area (Å²) in [5.74, 6) is 0.129. The standard InChI is InChI=1S/C18H26BrN3O3S/c1-14-8-11-21(12-9-14)26(24,25)22-10-4-5-15(13-22)18(23)20-17-7-3-2-6-16(17)19/h2-3,6-7,14-15H,4-5,8-13H2,1H3,(H,20,23). The number of rotatable bonds is 4. The van der Waals surface area contributed by atoms with Crippen LogP contribution in [0.4, 0.5) is 5.69 Å². The molecule has 6 nitrogen and oxygen atoms in total. The molecule has 1 unspecified atom stereocenters. The van der Waals surface area contributed by atoms with Crippen LogP contribution in [0.25, 0.3) is 0 Å². The summed E-state index contributed by atoms with van der Waals surface area (Å²) in [6.45, 7) is 4.06. The number of carbonyl (C=O) groups excluding carboxylic acids is 1. The predicted octanol–water partition coefficient (Wildman–Crippen LogP) is 3.08. The number of nitrogens with one attached hydrogen (secondary N) is 1. The van der Waals surface area contributed by atoms with Crippen LogP contribution in [0.15, 0.2) is 28.7 Å². The molecule has 144 valence electrons. The van der Waals surface area contributed by atoms with E-state index in [1.165, 1.54) is 4.31 Å². The monoisotopic (exact) mass is 443 g/mol. The average Bonchev–Trinajstić information content (AvgIpc) is 2.64. The van der Waals surface area contributed by atoms with Gasteiger partial charge in [0.15, 0.2) is 0 Å². The molecule has 0 radical (unpaired) electrons. The Morgan fingerprint density at radius 3 is 2.50 bits per heavy atom. The second-order valence-electron chi connectivity index (χ2n) is 7.26. The van der Waals surface area contributed by atoms with Crippen molar-refractivity contribution in [2.45, 2.75) is 32.6 Å². The van der Waals surface area contributed by atoms with E-state index in [1.807, 2.05) is 24.3 Å². The van der Waals surface area contributed by atoms with Gasteiger partial charge in [0.1, 0.15) is 0 Å². The number of piperidine rings is 2. The van der Waals surface area contributed by atoms with Gasteiger partial charge < -0.3 is 5.32 Å². The van der Waals surface area contributed by atoms with Gasteiger partial charge in [-0.2, -0.15) is 17.0 Å². The minimum absolute atomic E-state index is 0.121. The molecule has 1 amide bonds. The Balaban J connectivity index is 1.65. The second-order valence-corrected chi connectivity index (χ2v) is 10.0. The normalized spacial score (nSPS) is 23.7. The number of benzene rings is 1. The van der Waals surface area contributed by atoms with Gasteiger partial charge in [-0.25, -0.2) is 0 Å². The molecule has 1 aromatic carbocycles. The fourth-order valence-corrected chi connectivity index (χ4v) is 5.65. The van der Waals surface area contributed by atoms with Gasteiger partial charge in [0.2, 0.25) is 5.91 Å². The van der Waals surface area contributed by atoms with Crippen molar-refractivity contribution >= 4 is 37.7 Å². The van der Waals surface area contributed by atoms with E-state index in [-0.39, 0.29) is 18.4 Å². The molecular formula is C18H26BrN3O3S. The summed E-state index contributed by atoms with van der Waals surface area (Å²) in [5, 5.41) is 2.92. The molecule has 2 aliphatic heterocycles. The number of nitrogens with zero attached hydrogens (tertiary/aromatic N) is 2. The molecule has 0 bridgehead atoms. The fraction of sp³-hybridized carbons (Fsp3) is 0.611. The molecule has 0 saturated carbocycles. The first kappa shape index (κ1) is 19.8. The molecule has 2 aliphatic rings. The Labute approximate surface area is 164 Å². The third kappa shape index (κ3) is 4.47. The first-order valence-corrected chi connectivity index (χ1v) is 11.4. The van der Waals surface area contributed by atoms with E-state index < -0.39 is 10.2 Å². The maximum atomic E-state index is 12.9. The lowest BCUT2D eigenvalue weighted by Gasteiger charge is -2.37. The molecule has 2 saturated heterocycles. The minimum atomic E-state index is -3.48.